The van der Waals surface area contributed by atoms with Crippen molar-refractivity contribution in [1.29, 1.82) is 0 Å². The number of amides is 1. The second-order valence-electron chi connectivity index (χ2n) is 5.33. The fourth-order valence-electron chi connectivity index (χ4n) is 2.29. The molecule has 3 rings (SSSR count). The number of nitrogens with zero attached hydrogens (tertiary/aromatic N) is 3. The van der Waals surface area contributed by atoms with E-state index in [-0.39, 0.29) is 11.9 Å². The Labute approximate surface area is 149 Å². The van der Waals surface area contributed by atoms with E-state index in [4.69, 9.17) is 0 Å². The Morgan fingerprint density at radius 3 is 2.88 bits per heavy atom. The number of rotatable bonds is 7. The summed E-state index contributed by atoms with van der Waals surface area (Å²) in [5.74, 6) is 0.363. The average molecular weight is 358 g/mol. The van der Waals surface area contributed by atoms with Gasteiger partial charge < -0.3 is 9.88 Å². The summed E-state index contributed by atoms with van der Waals surface area (Å²) in [5.41, 5.74) is 2.07. The molecule has 2 heterocycles. The Kier molecular flexibility index (Phi) is 5.66. The van der Waals surface area contributed by atoms with Crippen LogP contribution in [0.15, 0.2) is 58.8 Å². The minimum atomic E-state index is -0.0912. The number of imidazole rings is 1. The zero-order valence-electron chi connectivity index (χ0n) is 13.3. The number of aromatic nitrogens is 3. The zero-order chi connectivity index (χ0) is 16.8. The van der Waals surface area contributed by atoms with Gasteiger partial charge in [-0.1, -0.05) is 42.1 Å². The molecule has 0 unspecified atom stereocenters. The summed E-state index contributed by atoms with van der Waals surface area (Å²) in [4.78, 5) is 20.8. The van der Waals surface area contributed by atoms with Crippen molar-refractivity contribution in [3.05, 3.63) is 65.7 Å². The van der Waals surface area contributed by atoms with E-state index >= 15 is 0 Å². The van der Waals surface area contributed by atoms with Crippen LogP contribution >= 0.6 is 23.1 Å². The van der Waals surface area contributed by atoms with Crippen LogP contribution in [0, 0.1) is 6.92 Å². The lowest BCUT2D eigenvalue weighted by Gasteiger charge is -2.19. The SMILES string of the molecule is Cc1csc(SCC(=O)N[C@@H](Cn2ccnc2)c2ccccc2)n1. The number of aryl methyl sites for hydroxylation is 1. The van der Waals surface area contributed by atoms with Gasteiger partial charge in [0.1, 0.15) is 0 Å². The lowest BCUT2D eigenvalue weighted by molar-refractivity contribution is -0.119. The van der Waals surface area contributed by atoms with Crippen molar-refractivity contribution < 1.29 is 4.79 Å². The molecule has 2 aromatic heterocycles. The molecule has 0 radical (unpaired) electrons. The Hall–Kier alpha value is -2.12. The van der Waals surface area contributed by atoms with Crippen LogP contribution < -0.4 is 5.32 Å². The molecule has 0 saturated heterocycles. The third-order valence-electron chi connectivity index (χ3n) is 3.41. The first-order valence-electron chi connectivity index (χ1n) is 7.55. The maximum absolute atomic E-state index is 12.4. The smallest absolute Gasteiger partial charge is 0.230 e. The molecule has 5 nitrogen and oxygen atoms in total. The fourth-order valence-corrected chi connectivity index (χ4v) is 3.95. The van der Waals surface area contributed by atoms with Crippen molar-refractivity contribution in [3.8, 4) is 0 Å². The topological polar surface area (TPSA) is 59.8 Å². The number of hydrogen-bond donors (Lipinski definition) is 1. The number of nitrogens with one attached hydrogen (secondary N) is 1. The van der Waals surface area contributed by atoms with E-state index in [1.54, 1.807) is 23.9 Å². The molecule has 0 fully saturated rings. The van der Waals surface area contributed by atoms with Crippen molar-refractivity contribution >= 4 is 29.0 Å². The summed E-state index contributed by atoms with van der Waals surface area (Å²) in [6, 6.07) is 9.90. The molecule has 1 amide bonds. The van der Waals surface area contributed by atoms with E-state index < -0.39 is 0 Å². The van der Waals surface area contributed by atoms with Gasteiger partial charge in [-0.2, -0.15) is 0 Å². The molecule has 24 heavy (non-hydrogen) atoms. The van der Waals surface area contributed by atoms with Crippen molar-refractivity contribution in [3.63, 3.8) is 0 Å². The summed E-state index contributed by atoms with van der Waals surface area (Å²) in [6.45, 7) is 2.61. The van der Waals surface area contributed by atoms with Crippen molar-refractivity contribution in [2.45, 2.75) is 23.8 Å². The Balaban J connectivity index is 1.63. The Morgan fingerprint density at radius 2 is 2.21 bits per heavy atom. The number of thiazole rings is 1. The number of thioether (sulfide) groups is 1. The highest BCUT2D eigenvalue weighted by Crippen LogP contribution is 2.22. The zero-order valence-corrected chi connectivity index (χ0v) is 14.9. The molecule has 1 aromatic carbocycles. The standard InChI is InChI=1S/C17H18N4OS2/c1-13-10-23-17(19-13)24-11-16(22)20-15(9-21-8-7-18-12-21)14-5-3-2-4-6-14/h2-8,10,12,15H,9,11H2,1H3,(H,20,22)/t15-/m0/s1. The van der Waals surface area contributed by atoms with Crippen LogP contribution in [-0.2, 0) is 11.3 Å². The van der Waals surface area contributed by atoms with Crippen LogP contribution in [-0.4, -0.2) is 26.2 Å². The third-order valence-corrected chi connectivity index (χ3v) is 5.55. The molecule has 7 heteroatoms. The van der Waals surface area contributed by atoms with Crippen LogP contribution in [0.2, 0.25) is 0 Å². The highest BCUT2D eigenvalue weighted by Gasteiger charge is 2.15. The van der Waals surface area contributed by atoms with Crippen molar-refractivity contribution in [2.24, 2.45) is 0 Å². The summed E-state index contributed by atoms with van der Waals surface area (Å²) in [5, 5.41) is 5.11. The molecule has 0 bridgehead atoms. The highest BCUT2D eigenvalue weighted by molar-refractivity contribution is 8.01. The summed E-state index contributed by atoms with van der Waals surface area (Å²) >= 11 is 3.04. The van der Waals surface area contributed by atoms with E-state index in [9.17, 15) is 4.79 Å². The van der Waals surface area contributed by atoms with Crippen LogP contribution in [0.3, 0.4) is 0 Å². The monoisotopic (exact) mass is 358 g/mol. The lowest BCUT2D eigenvalue weighted by atomic mass is 10.1. The van der Waals surface area contributed by atoms with Gasteiger partial charge in [0.25, 0.3) is 0 Å². The molecule has 0 aliphatic heterocycles. The number of carbonyl (C=O) groups is 1. The fraction of sp³-hybridized carbons (Fsp3) is 0.235. The Bertz CT molecular complexity index is 771. The molecule has 0 aliphatic carbocycles. The quantitative estimate of drug-likeness (QED) is 0.659. The van der Waals surface area contributed by atoms with E-state index in [1.807, 2.05) is 53.4 Å². The second-order valence-corrected chi connectivity index (χ2v) is 7.41. The summed E-state index contributed by atoms with van der Waals surface area (Å²) in [7, 11) is 0. The van der Waals surface area contributed by atoms with Gasteiger partial charge in [0.15, 0.2) is 4.34 Å². The van der Waals surface area contributed by atoms with Crippen LogP contribution in [0.1, 0.15) is 17.3 Å². The van der Waals surface area contributed by atoms with Gasteiger partial charge >= 0.3 is 0 Å². The first kappa shape index (κ1) is 16.7. The maximum atomic E-state index is 12.4. The lowest BCUT2D eigenvalue weighted by Crippen LogP contribution is -2.32. The van der Waals surface area contributed by atoms with Crippen LogP contribution in [0.25, 0.3) is 0 Å². The molecule has 0 aliphatic rings. The second kappa shape index (κ2) is 8.12. The van der Waals surface area contributed by atoms with E-state index in [0.29, 0.717) is 12.3 Å². The van der Waals surface area contributed by atoms with E-state index in [1.165, 1.54) is 11.8 Å². The van der Waals surface area contributed by atoms with Gasteiger partial charge in [0.05, 0.1) is 18.1 Å². The molecular formula is C17H18N4OS2. The van der Waals surface area contributed by atoms with Crippen LogP contribution in [0.4, 0.5) is 0 Å². The minimum absolute atomic E-state index is 0.00169. The van der Waals surface area contributed by atoms with Gasteiger partial charge in [0, 0.05) is 30.0 Å². The predicted octanol–water partition coefficient (Wildman–Crippen LogP) is 3.30. The summed E-state index contributed by atoms with van der Waals surface area (Å²) < 4.78 is 2.89. The third kappa shape index (κ3) is 4.69. The van der Waals surface area contributed by atoms with E-state index in [2.05, 4.69) is 15.3 Å². The molecule has 1 atom stereocenters. The van der Waals surface area contributed by atoms with Gasteiger partial charge in [-0.15, -0.1) is 11.3 Å². The maximum Gasteiger partial charge on any atom is 0.230 e. The predicted molar refractivity (Wildman–Crippen MR) is 97.1 cm³/mol. The van der Waals surface area contributed by atoms with Crippen molar-refractivity contribution in [1.82, 2.24) is 19.9 Å². The number of benzene rings is 1. The average Bonchev–Trinajstić information content (AvgIpc) is 3.25. The van der Waals surface area contributed by atoms with Gasteiger partial charge in [-0.25, -0.2) is 9.97 Å². The van der Waals surface area contributed by atoms with Crippen LogP contribution in [0.5, 0.6) is 0 Å². The normalized spacial score (nSPS) is 12.0. The summed E-state index contributed by atoms with van der Waals surface area (Å²) in [6.07, 6.45) is 5.40. The van der Waals surface area contributed by atoms with Gasteiger partial charge in [0.2, 0.25) is 5.91 Å². The number of hydrogen-bond acceptors (Lipinski definition) is 5. The molecular weight excluding hydrogens is 340 g/mol. The number of carbonyl (C=O) groups excluding carboxylic acids is 1. The Morgan fingerprint density at radius 1 is 1.38 bits per heavy atom. The minimum Gasteiger partial charge on any atom is -0.347 e. The van der Waals surface area contributed by atoms with Gasteiger partial charge in [-0.3, -0.25) is 4.79 Å². The molecule has 1 N–H and O–H groups in total. The first-order valence-corrected chi connectivity index (χ1v) is 9.42. The first-order chi connectivity index (χ1) is 11.7. The van der Waals surface area contributed by atoms with Gasteiger partial charge in [-0.05, 0) is 12.5 Å². The molecule has 124 valence electrons. The highest BCUT2D eigenvalue weighted by atomic mass is 32.2. The molecule has 0 saturated carbocycles. The largest absolute Gasteiger partial charge is 0.347 e. The molecule has 3 aromatic rings. The van der Waals surface area contributed by atoms with Crippen molar-refractivity contribution in [2.75, 3.05) is 5.75 Å². The van der Waals surface area contributed by atoms with E-state index in [0.717, 1.165) is 15.6 Å². The molecule has 0 spiro atoms.